The highest BCUT2D eigenvalue weighted by molar-refractivity contribution is 5.71. The number of nitrogens with zero attached hydrogens (tertiary/aromatic N) is 1. The molecule has 0 aromatic carbocycles. The number of carbonyl (C=O) groups is 1. The van der Waals surface area contributed by atoms with Crippen LogP contribution in [-0.4, -0.2) is 30.1 Å². The molecule has 106 valence electrons. The number of hydrogen-bond donors (Lipinski definition) is 0. The van der Waals surface area contributed by atoms with Gasteiger partial charge in [-0.2, -0.15) is 0 Å². The number of hydrogen-bond acceptors (Lipinski definition) is 3. The monoisotopic (exact) mass is 255 g/mol. The van der Waals surface area contributed by atoms with E-state index in [9.17, 15) is 4.79 Å². The van der Waals surface area contributed by atoms with Gasteiger partial charge in [-0.05, 0) is 27.7 Å². The van der Waals surface area contributed by atoms with Gasteiger partial charge in [-0.1, -0.05) is 26.8 Å². The fourth-order valence-electron chi connectivity index (χ4n) is 2.21. The average molecular weight is 255 g/mol. The molecule has 3 nitrogen and oxygen atoms in total. The first-order valence-electron chi connectivity index (χ1n) is 6.67. The van der Waals surface area contributed by atoms with Gasteiger partial charge in [-0.25, -0.2) is 0 Å². The van der Waals surface area contributed by atoms with Crippen LogP contribution in [0.5, 0.6) is 0 Å². The van der Waals surface area contributed by atoms with Gasteiger partial charge in [0.05, 0.1) is 13.5 Å². The lowest BCUT2D eigenvalue weighted by molar-refractivity contribution is -0.139. The maximum Gasteiger partial charge on any atom is 0.309 e. The Balaban J connectivity index is 5.28. The topological polar surface area (TPSA) is 29.5 Å². The van der Waals surface area contributed by atoms with Crippen LogP contribution in [0.4, 0.5) is 0 Å². The molecule has 0 heterocycles. The van der Waals surface area contributed by atoms with Gasteiger partial charge < -0.3 is 9.64 Å². The Morgan fingerprint density at radius 3 is 1.89 bits per heavy atom. The highest BCUT2D eigenvalue weighted by Gasteiger charge is 2.26. The molecule has 0 fully saturated rings. The zero-order valence-corrected chi connectivity index (χ0v) is 13.2. The van der Waals surface area contributed by atoms with Gasteiger partial charge >= 0.3 is 5.97 Å². The van der Waals surface area contributed by atoms with E-state index >= 15 is 0 Å². The Morgan fingerprint density at radius 1 is 1.17 bits per heavy atom. The molecule has 0 rings (SSSR count). The lowest BCUT2D eigenvalue weighted by Gasteiger charge is -2.41. The molecule has 3 heteroatoms. The van der Waals surface area contributed by atoms with E-state index < -0.39 is 0 Å². The number of methoxy groups -OCH3 is 1. The van der Waals surface area contributed by atoms with Crippen molar-refractivity contribution >= 4 is 5.97 Å². The molecule has 0 saturated carbocycles. The predicted octanol–water partition coefficient (Wildman–Crippen LogP) is 3.60. The number of rotatable bonds is 5. The summed E-state index contributed by atoms with van der Waals surface area (Å²) < 4.78 is 4.71. The Labute approximate surface area is 112 Å². The van der Waals surface area contributed by atoms with Crippen molar-refractivity contribution in [3.05, 3.63) is 11.8 Å². The van der Waals surface area contributed by atoms with E-state index in [2.05, 4.69) is 53.4 Å². The SMILES string of the molecule is COC(=O)C/C=C(/N(C(C)C)C(C)C)C(C)(C)C. The smallest absolute Gasteiger partial charge is 0.309 e. The van der Waals surface area contributed by atoms with Crippen molar-refractivity contribution in [3.8, 4) is 0 Å². The van der Waals surface area contributed by atoms with Crippen molar-refractivity contribution < 1.29 is 9.53 Å². The van der Waals surface area contributed by atoms with E-state index in [1.165, 1.54) is 12.8 Å². The zero-order chi connectivity index (χ0) is 14.5. The molecule has 0 saturated heterocycles. The van der Waals surface area contributed by atoms with Gasteiger partial charge in [-0.3, -0.25) is 4.79 Å². The highest BCUT2D eigenvalue weighted by Crippen LogP contribution is 2.31. The molecule has 0 aromatic rings. The van der Waals surface area contributed by atoms with Crippen LogP contribution in [-0.2, 0) is 9.53 Å². The molecule has 0 spiro atoms. The van der Waals surface area contributed by atoms with Crippen molar-refractivity contribution in [1.29, 1.82) is 0 Å². The van der Waals surface area contributed by atoms with Crippen LogP contribution in [0.2, 0.25) is 0 Å². The molecule has 0 aromatic heterocycles. The molecular weight excluding hydrogens is 226 g/mol. The summed E-state index contributed by atoms with van der Waals surface area (Å²) in [4.78, 5) is 13.7. The van der Waals surface area contributed by atoms with E-state index in [0.717, 1.165) is 0 Å². The van der Waals surface area contributed by atoms with Crippen molar-refractivity contribution in [2.24, 2.45) is 5.41 Å². The second-order valence-corrected chi connectivity index (χ2v) is 6.21. The van der Waals surface area contributed by atoms with Crippen molar-refractivity contribution in [2.45, 2.75) is 67.0 Å². The van der Waals surface area contributed by atoms with Gasteiger partial charge in [0.2, 0.25) is 0 Å². The summed E-state index contributed by atoms with van der Waals surface area (Å²) >= 11 is 0. The molecule has 0 unspecified atom stereocenters. The molecule has 0 aliphatic carbocycles. The standard InChI is InChI=1S/C15H29NO2/c1-11(2)16(12(3)4)13(15(5,6)7)9-10-14(17)18-8/h9,11-12H,10H2,1-8H3/b13-9+. The predicted molar refractivity (Wildman–Crippen MR) is 76.3 cm³/mol. The van der Waals surface area contributed by atoms with E-state index in [-0.39, 0.29) is 11.4 Å². The zero-order valence-electron chi connectivity index (χ0n) is 13.2. The average Bonchev–Trinajstić information content (AvgIpc) is 2.20. The molecule has 18 heavy (non-hydrogen) atoms. The summed E-state index contributed by atoms with van der Waals surface area (Å²) in [6.07, 6.45) is 2.34. The van der Waals surface area contributed by atoms with E-state index in [1.54, 1.807) is 0 Å². The van der Waals surface area contributed by atoms with Crippen LogP contribution in [0.25, 0.3) is 0 Å². The lowest BCUT2D eigenvalue weighted by Crippen LogP contribution is -2.40. The van der Waals surface area contributed by atoms with Crippen molar-refractivity contribution in [3.63, 3.8) is 0 Å². The molecule has 0 bridgehead atoms. The van der Waals surface area contributed by atoms with Gasteiger partial charge in [0, 0.05) is 23.2 Å². The first-order valence-corrected chi connectivity index (χ1v) is 6.67. The summed E-state index contributed by atoms with van der Waals surface area (Å²) in [6, 6.07) is 0.821. The third-order valence-corrected chi connectivity index (χ3v) is 2.85. The Bertz CT molecular complexity index is 290. The summed E-state index contributed by atoms with van der Waals surface area (Å²) in [5.74, 6) is -0.191. The van der Waals surface area contributed by atoms with Crippen LogP contribution in [0.3, 0.4) is 0 Å². The minimum atomic E-state index is -0.191. The van der Waals surface area contributed by atoms with Crippen LogP contribution >= 0.6 is 0 Å². The minimum Gasteiger partial charge on any atom is -0.469 e. The van der Waals surface area contributed by atoms with Gasteiger partial charge in [0.25, 0.3) is 0 Å². The normalized spacial score (nSPS) is 13.1. The van der Waals surface area contributed by atoms with Crippen LogP contribution in [0.1, 0.15) is 54.9 Å². The minimum absolute atomic E-state index is 0.0164. The van der Waals surface area contributed by atoms with Gasteiger partial charge in [-0.15, -0.1) is 0 Å². The Kier molecular flexibility index (Phi) is 6.44. The maximum atomic E-state index is 11.3. The Morgan fingerprint density at radius 2 is 1.61 bits per heavy atom. The first kappa shape index (κ1) is 17.0. The third kappa shape index (κ3) is 5.11. The Hall–Kier alpha value is -0.990. The fraction of sp³-hybridized carbons (Fsp3) is 0.800. The third-order valence-electron chi connectivity index (χ3n) is 2.85. The number of allylic oxidation sites excluding steroid dienone is 1. The lowest BCUT2D eigenvalue weighted by atomic mass is 9.88. The second kappa shape index (κ2) is 6.81. The molecule has 0 aliphatic rings. The van der Waals surface area contributed by atoms with Crippen LogP contribution < -0.4 is 0 Å². The maximum absolute atomic E-state index is 11.3. The molecule has 0 amide bonds. The number of ether oxygens (including phenoxy) is 1. The van der Waals surface area contributed by atoms with Gasteiger partial charge in [0.15, 0.2) is 0 Å². The number of carbonyl (C=O) groups excluding carboxylic acids is 1. The van der Waals surface area contributed by atoms with E-state index in [4.69, 9.17) is 4.74 Å². The molecule has 0 atom stereocenters. The largest absolute Gasteiger partial charge is 0.469 e. The van der Waals surface area contributed by atoms with E-state index in [0.29, 0.717) is 18.5 Å². The van der Waals surface area contributed by atoms with Crippen LogP contribution in [0.15, 0.2) is 11.8 Å². The first-order chi connectivity index (χ1) is 8.11. The summed E-state index contributed by atoms with van der Waals surface area (Å²) in [7, 11) is 1.43. The summed E-state index contributed by atoms with van der Waals surface area (Å²) in [5, 5.41) is 0. The van der Waals surface area contributed by atoms with Crippen LogP contribution in [0, 0.1) is 5.41 Å². The second-order valence-electron chi connectivity index (χ2n) is 6.21. The van der Waals surface area contributed by atoms with E-state index in [1.807, 2.05) is 6.08 Å². The highest BCUT2D eigenvalue weighted by atomic mass is 16.5. The van der Waals surface area contributed by atoms with Crippen molar-refractivity contribution in [1.82, 2.24) is 4.90 Å². The molecular formula is C15H29NO2. The number of esters is 1. The molecule has 0 N–H and O–H groups in total. The fourth-order valence-corrected chi connectivity index (χ4v) is 2.21. The summed E-state index contributed by atoms with van der Waals surface area (Å²) in [6.45, 7) is 15.2. The van der Waals surface area contributed by atoms with Crippen molar-refractivity contribution in [2.75, 3.05) is 7.11 Å². The quantitative estimate of drug-likeness (QED) is 0.703. The summed E-state index contributed by atoms with van der Waals surface area (Å²) in [5.41, 5.74) is 1.22. The van der Waals surface area contributed by atoms with Gasteiger partial charge in [0.1, 0.15) is 0 Å². The molecule has 0 radical (unpaired) electrons. The molecule has 0 aliphatic heterocycles.